The van der Waals surface area contributed by atoms with Crippen molar-refractivity contribution in [3.05, 3.63) is 17.0 Å². The van der Waals surface area contributed by atoms with Gasteiger partial charge in [-0.1, -0.05) is 0 Å². The molecule has 1 amide bonds. The van der Waals surface area contributed by atoms with Gasteiger partial charge in [-0.3, -0.25) is 4.79 Å². The third-order valence-corrected chi connectivity index (χ3v) is 5.98. The standard InChI is InChI=1S/C11H14ClNO3S2/c12-18(15,16)11-4-3-9(17-11)5-6-13-10(14)7-8-1-2-8/h3-4,8H,1-2,5-7H2,(H,13,14). The lowest BCUT2D eigenvalue weighted by Crippen LogP contribution is -2.25. The lowest BCUT2D eigenvalue weighted by molar-refractivity contribution is -0.121. The van der Waals surface area contributed by atoms with E-state index < -0.39 is 9.05 Å². The summed E-state index contributed by atoms with van der Waals surface area (Å²) in [4.78, 5) is 12.3. The topological polar surface area (TPSA) is 63.2 Å². The predicted octanol–water partition coefficient (Wildman–Crippen LogP) is 2.13. The van der Waals surface area contributed by atoms with Gasteiger partial charge in [0.25, 0.3) is 9.05 Å². The summed E-state index contributed by atoms with van der Waals surface area (Å²) < 4.78 is 22.3. The average molecular weight is 308 g/mol. The van der Waals surface area contributed by atoms with Gasteiger partial charge in [-0.25, -0.2) is 8.42 Å². The van der Waals surface area contributed by atoms with Crippen LogP contribution < -0.4 is 5.32 Å². The quantitative estimate of drug-likeness (QED) is 0.819. The number of carbonyl (C=O) groups excluding carboxylic acids is 1. The highest BCUT2D eigenvalue weighted by atomic mass is 35.7. The van der Waals surface area contributed by atoms with Gasteiger partial charge in [0.05, 0.1) is 0 Å². The van der Waals surface area contributed by atoms with Crippen molar-refractivity contribution in [2.45, 2.75) is 29.9 Å². The van der Waals surface area contributed by atoms with Crippen LogP contribution in [0.5, 0.6) is 0 Å². The fraction of sp³-hybridized carbons (Fsp3) is 0.545. The number of nitrogens with one attached hydrogen (secondary N) is 1. The summed E-state index contributed by atoms with van der Waals surface area (Å²) in [6.45, 7) is 0.536. The van der Waals surface area contributed by atoms with Crippen molar-refractivity contribution in [1.82, 2.24) is 5.32 Å². The van der Waals surface area contributed by atoms with E-state index in [1.54, 1.807) is 6.07 Å². The van der Waals surface area contributed by atoms with E-state index in [0.717, 1.165) is 29.1 Å². The van der Waals surface area contributed by atoms with Crippen LogP contribution in [0.4, 0.5) is 0 Å². The molecule has 0 bridgehead atoms. The molecule has 1 aromatic heterocycles. The summed E-state index contributed by atoms with van der Waals surface area (Å²) >= 11 is 1.15. The van der Waals surface area contributed by atoms with Gasteiger partial charge in [-0.2, -0.15) is 0 Å². The second kappa shape index (κ2) is 5.59. The Labute approximate surface area is 115 Å². The van der Waals surface area contributed by atoms with E-state index in [0.29, 0.717) is 25.3 Å². The van der Waals surface area contributed by atoms with Gasteiger partial charge in [0, 0.05) is 28.5 Å². The van der Waals surface area contributed by atoms with Crippen molar-refractivity contribution in [3.8, 4) is 0 Å². The molecule has 0 atom stereocenters. The summed E-state index contributed by atoms with van der Waals surface area (Å²) in [6, 6.07) is 3.22. The molecular weight excluding hydrogens is 294 g/mol. The number of amides is 1. The van der Waals surface area contributed by atoms with Crippen LogP contribution in [-0.4, -0.2) is 20.9 Å². The molecule has 0 spiro atoms. The molecule has 1 aromatic rings. The van der Waals surface area contributed by atoms with E-state index in [1.807, 2.05) is 0 Å². The number of halogens is 1. The van der Waals surface area contributed by atoms with E-state index in [4.69, 9.17) is 10.7 Å². The van der Waals surface area contributed by atoms with E-state index >= 15 is 0 Å². The Hall–Kier alpha value is -0.590. The van der Waals surface area contributed by atoms with Crippen molar-refractivity contribution in [1.29, 1.82) is 0 Å². The van der Waals surface area contributed by atoms with Gasteiger partial charge in [-0.05, 0) is 37.3 Å². The molecule has 100 valence electrons. The highest BCUT2D eigenvalue weighted by Crippen LogP contribution is 2.32. The Balaban J connectivity index is 1.76. The van der Waals surface area contributed by atoms with Crippen molar-refractivity contribution < 1.29 is 13.2 Å². The van der Waals surface area contributed by atoms with Gasteiger partial charge in [-0.15, -0.1) is 11.3 Å². The maximum absolute atomic E-state index is 11.4. The van der Waals surface area contributed by atoms with Gasteiger partial charge < -0.3 is 5.32 Å². The molecule has 2 rings (SSSR count). The van der Waals surface area contributed by atoms with Gasteiger partial charge in [0.2, 0.25) is 5.91 Å². The minimum Gasteiger partial charge on any atom is -0.356 e. The number of thiophene rings is 1. The minimum atomic E-state index is -3.63. The first kappa shape index (κ1) is 13.8. The first-order valence-electron chi connectivity index (χ1n) is 5.75. The highest BCUT2D eigenvalue weighted by Gasteiger charge is 2.24. The monoisotopic (exact) mass is 307 g/mol. The van der Waals surface area contributed by atoms with Crippen LogP contribution in [0.25, 0.3) is 0 Å². The maximum Gasteiger partial charge on any atom is 0.270 e. The molecule has 1 saturated carbocycles. The summed E-state index contributed by atoms with van der Waals surface area (Å²) in [5, 5.41) is 2.84. The van der Waals surface area contributed by atoms with Crippen molar-refractivity contribution in [2.75, 3.05) is 6.54 Å². The van der Waals surface area contributed by atoms with Crippen LogP contribution in [0.3, 0.4) is 0 Å². The average Bonchev–Trinajstić information content (AvgIpc) is 2.93. The largest absolute Gasteiger partial charge is 0.356 e. The second-order valence-electron chi connectivity index (χ2n) is 4.41. The van der Waals surface area contributed by atoms with Crippen LogP contribution in [0.15, 0.2) is 16.3 Å². The van der Waals surface area contributed by atoms with E-state index in [1.165, 1.54) is 6.07 Å². The number of rotatable bonds is 6. The molecule has 0 aliphatic heterocycles. The fourth-order valence-corrected chi connectivity index (χ4v) is 3.73. The minimum absolute atomic E-state index is 0.0826. The molecule has 1 fully saturated rings. The third-order valence-electron chi connectivity index (χ3n) is 2.74. The smallest absolute Gasteiger partial charge is 0.270 e. The Morgan fingerprint density at radius 3 is 2.72 bits per heavy atom. The Bertz CT molecular complexity index is 534. The van der Waals surface area contributed by atoms with Crippen molar-refractivity contribution in [3.63, 3.8) is 0 Å². The maximum atomic E-state index is 11.4. The zero-order valence-electron chi connectivity index (χ0n) is 9.69. The summed E-state index contributed by atoms with van der Waals surface area (Å²) in [7, 11) is 1.61. The van der Waals surface area contributed by atoms with E-state index in [-0.39, 0.29) is 10.1 Å². The zero-order chi connectivity index (χ0) is 13.2. The molecule has 0 saturated heterocycles. The normalized spacial score (nSPS) is 15.6. The van der Waals surface area contributed by atoms with Gasteiger partial charge in [0.1, 0.15) is 4.21 Å². The molecule has 1 aliphatic rings. The predicted molar refractivity (Wildman–Crippen MR) is 71.4 cm³/mol. The molecule has 0 unspecified atom stereocenters. The molecule has 4 nitrogen and oxygen atoms in total. The van der Waals surface area contributed by atoms with Crippen LogP contribution in [0.2, 0.25) is 0 Å². The number of hydrogen-bond donors (Lipinski definition) is 1. The highest BCUT2D eigenvalue weighted by molar-refractivity contribution is 8.15. The molecule has 1 heterocycles. The lowest BCUT2D eigenvalue weighted by atomic mass is 10.2. The van der Waals surface area contributed by atoms with Crippen LogP contribution in [-0.2, 0) is 20.3 Å². The first-order chi connectivity index (χ1) is 8.45. The first-order valence-corrected chi connectivity index (χ1v) is 8.88. The Morgan fingerprint density at radius 1 is 1.44 bits per heavy atom. The molecule has 1 N–H and O–H groups in total. The molecular formula is C11H14ClNO3S2. The fourth-order valence-electron chi connectivity index (χ4n) is 1.61. The molecule has 7 heteroatoms. The number of carbonyl (C=O) groups is 1. The molecule has 18 heavy (non-hydrogen) atoms. The third kappa shape index (κ3) is 4.26. The van der Waals surface area contributed by atoms with Crippen molar-refractivity contribution >= 4 is 37.0 Å². The van der Waals surface area contributed by atoms with Crippen LogP contribution in [0, 0.1) is 5.92 Å². The summed E-state index contributed by atoms with van der Waals surface area (Å²) in [6.07, 6.45) is 3.57. The molecule has 0 radical (unpaired) electrons. The van der Waals surface area contributed by atoms with Crippen LogP contribution in [0.1, 0.15) is 24.1 Å². The van der Waals surface area contributed by atoms with E-state index in [2.05, 4.69) is 5.32 Å². The summed E-state index contributed by atoms with van der Waals surface area (Å²) in [5.41, 5.74) is 0. The van der Waals surface area contributed by atoms with E-state index in [9.17, 15) is 13.2 Å². The van der Waals surface area contributed by atoms with Gasteiger partial charge >= 0.3 is 0 Å². The van der Waals surface area contributed by atoms with Crippen molar-refractivity contribution in [2.24, 2.45) is 5.92 Å². The Morgan fingerprint density at radius 2 is 2.17 bits per heavy atom. The molecule has 1 aliphatic carbocycles. The lowest BCUT2D eigenvalue weighted by Gasteiger charge is -2.02. The molecule has 0 aromatic carbocycles. The summed E-state index contributed by atoms with van der Waals surface area (Å²) in [5.74, 6) is 0.666. The van der Waals surface area contributed by atoms with Gasteiger partial charge in [0.15, 0.2) is 0 Å². The Kier molecular flexibility index (Phi) is 4.29. The second-order valence-corrected chi connectivity index (χ2v) is 8.37. The number of hydrogen-bond acceptors (Lipinski definition) is 4. The SMILES string of the molecule is O=C(CC1CC1)NCCc1ccc(S(=O)(=O)Cl)s1. The zero-order valence-corrected chi connectivity index (χ0v) is 12.1. The van der Waals surface area contributed by atoms with Crippen LogP contribution >= 0.6 is 22.0 Å².